The Balaban J connectivity index is 1.43. The number of amides is 2. The van der Waals surface area contributed by atoms with Gasteiger partial charge in [-0.15, -0.1) is 0 Å². The van der Waals surface area contributed by atoms with Crippen molar-refractivity contribution >= 4 is 17.8 Å². The second-order valence-corrected chi connectivity index (χ2v) is 7.90. The molecule has 1 fully saturated rings. The summed E-state index contributed by atoms with van der Waals surface area (Å²) in [5.41, 5.74) is 0.784. The van der Waals surface area contributed by atoms with Crippen molar-refractivity contribution in [2.45, 2.75) is 32.6 Å². The van der Waals surface area contributed by atoms with Gasteiger partial charge in [0.15, 0.2) is 0 Å². The van der Waals surface area contributed by atoms with Gasteiger partial charge in [-0.2, -0.15) is 4.98 Å². The van der Waals surface area contributed by atoms with Crippen LogP contribution in [0.3, 0.4) is 0 Å². The second-order valence-electron chi connectivity index (χ2n) is 7.90. The van der Waals surface area contributed by atoms with E-state index in [1.54, 1.807) is 38.1 Å². The lowest BCUT2D eigenvalue weighted by molar-refractivity contribution is -0.151. The Bertz CT molecular complexity index is 950. The summed E-state index contributed by atoms with van der Waals surface area (Å²) in [5, 5.41) is 3.96. The summed E-state index contributed by atoms with van der Waals surface area (Å²) in [7, 11) is 3.19. The van der Waals surface area contributed by atoms with Gasteiger partial charge in [0.05, 0.1) is 26.2 Å². The Kier molecular flexibility index (Phi) is 8.39. The first-order chi connectivity index (χ1) is 15.9. The molecule has 1 aliphatic heterocycles. The van der Waals surface area contributed by atoms with Crippen LogP contribution in [-0.2, 0) is 25.5 Å². The van der Waals surface area contributed by atoms with Gasteiger partial charge >= 0.3 is 5.97 Å². The number of aryl methyl sites for hydroxylation is 1. The zero-order valence-corrected chi connectivity index (χ0v) is 19.3. The molecule has 0 unspecified atom stereocenters. The summed E-state index contributed by atoms with van der Waals surface area (Å²) >= 11 is 0. The number of piperidine rings is 1. The molecule has 3 rings (SSSR count). The van der Waals surface area contributed by atoms with Gasteiger partial charge in [0.25, 0.3) is 0 Å². The van der Waals surface area contributed by atoms with Crippen LogP contribution >= 0.6 is 0 Å². The standard InChI is InChI=1S/C23H30N4O6/c1-4-32-23(30)17-11-13-27(14-12-17)21(29)15-26(2)20(28)10-9-19-24-22(25-33-19)16-5-7-18(31-3)8-6-16/h5-8,17H,4,9-15H2,1-3H3. The number of carbonyl (C=O) groups is 3. The molecule has 0 bridgehead atoms. The predicted molar refractivity (Wildman–Crippen MR) is 118 cm³/mol. The predicted octanol–water partition coefficient (Wildman–Crippen LogP) is 1.94. The highest BCUT2D eigenvalue weighted by molar-refractivity contribution is 5.85. The van der Waals surface area contributed by atoms with Crippen molar-refractivity contribution in [3.8, 4) is 17.1 Å². The van der Waals surface area contributed by atoms with Crippen LogP contribution < -0.4 is 4.74 Å². The topological polar surface area (TPSA) is 115 Å². The Labute approximate surface area is 192 Å². The average molecular weight is 459 g/mol. The van der Waals surface area contributed by atoms with Crippen LogP contribution in [0.15, 0.2) is 28.8 Å². The van der Waals surface area contributed by atoms with Gasteiger partial charge in [0.2, 0.25) is 23.5 Å². The van der Waals surface area contributed by atoms with Crippen molar-refractivity contribution in [1.82, 2.24) is 19.9 Å². The van der Waals surface area contributed by atoms with E-state index in [1.165, 1.54) is 4.90 Å². The van der Waals surface area contributed by atoms with Crippen molar-refractivity contribution in [2.24, 2.45) is 5.92 Å². The number of methoxy groups -OCH3 is 1. The maximum atomic E-state index is 12.6. The summed E-state index contributed by atoms with van der Waals surface area (Å²) in [6, 6.07) is 7.27. The molecule has 1 aromatic heterocycles. The Morgan fingerprint density at radius 1 is 1.18 bits per heavy atom. The summed E-state index contributed by atoms with van der Waals surface area (Å²) in [5.74, 6) is 0.846. The fraction of sp³-hybridized carbons (Fsp3) is 0.522. The lowest BCUT2D eigenvalue weighted by Gasteiger charge is -2.32. The highest BCUT2D eigenvalue weighted by Crippen LogP contribution is 2.21. The van der Waals surface area contributed by atoms with Crippen molar-refractivity contribution in [3.63, 3.8) is 0 Å². The van der Waals surface area contributed by atoms with Crippen molar-refractivity contribution < 1.29 is 28.4 Å². The lowest BCUT2D eigenvalue weighted by atomic mass is 9.97. The zero-order valence-electron chi connectivity index (χ0n) is 19.3. The van der Waals surface area contributed by atoms with Crippen LogP contribution in [0.5, 0.6) is 5.75 Å². The number of carbonyl (C=O) groups excluding carboxylic acids is 3. The molecule has 0 spiro atoms. The van der Waals surface area contributed by atoms with Crippen molar-refractivity contribution in [1.29, 1.82) is 0 Å². The molecule has 0 aliphatic carbocycles. The highest BCUT2D eigenvalue weighted by Gasteiger charge is 2.29. The summed E-state index contributed by atoms with van der Waals surface area (Å²) in [6.07, 6.45) is 1.59. The smallest absolute Gasteiger partial charge is 0.309 e. The van der Waals surface area contributed by atoms with Crippen LogP contribution in [0.4, 0.5) is 0 Å². The van der Waals surface area contributed by atoms with E-state index >= 15 is 0 Å². The molecule has 10 nitrogen and oxygen atoms in total. The minimum atomic E-state index is -0.201. The zero-order chi connectivity index (χ0) is 23.8. The number of aromatic nitrogens is 2. The number of nitrogens with zero attached hydrogens (tertiary/aromatic N) is 4. The number of benzene rings is 1. The van der Waals surface area contributed by atoms with Gasteiger partial charge in [-0.1, -0.05) is 5.16 Å². The van der Waals surface area contributed by atoms with Crippen molar-refractivity contribution in [2.75, 3.05) is 40.4 Å². The van der Waals surface area contributed by atoms with Gasteiger partial charge in [-0.05, 0) is 44.0 Å². The summed E-state index contributed by atoms with van der Waals surface area (Å²) in [6.45, 7) is 3.10. The molecule has 178 valence electrons. The summed E-state index contributed by atoms with van der Waals surface area (Å²) in [4.78, 5) is 44.3. The SMILES string of the molecule is CCOC(=O)C1CCN(C(=O)CN(C)C(=O)CCc2nc(-c3ccc(OC)cc3)no2)CC1. The molecular formula is C23H30N4O6. The molecular weight excluding hydrogens is 428 g/mol. The van der Waals surface area contributed by atoms with Gasteiger partial charge < -0.3 is 23.8 Å². The molecule has 1 saturated heterocycles. The first-order valence-corrected chi connectivity index (χ1v) is 11.1. The Hall–Kier alpha value is -3.43. The first-order valence-electron chi connectivity index (χ1n) is 11.1. The van der Waals surface area contributed by atoms with Gasteiger partial charge in [0, 0.05) is 38.5 Å². The molecule has 33 heavy (non-hydrogen) atoms. The van der Waals surface area contributed by atoms with Crippen LogP contribution in [0, 0.1) is 5.92 Å². The molecule has 0 saturated carbocycles. The lowest BCUT2D eigenvalue weighted by Crippen LogP contribution is -2.45. The van der Waals surface area contributed by atoms with Crippen molar-refractivity contribution in [3.05, 3.63) is 30.2 Å². The molecule has 10 heteroatoms. The van der Waals surface area contributed by atoms with Crippen LogP contribution in [0.25, 0.3) is 11.4 Å². The maximum absolute atomic E-state index is 12.6. The van der Waals surface area contributed by atoms with E-state index < -0.39 is 0 Å². The first kappa shape index (κ1) is 24.2. The normalized spacial score (nSPS) is 14.1. The Morgan fingerprint density at radius 3 is 2.52 bits per heavy atom. The van der Waals surface area contributed by atoms with E-state index in [-0.39, 0.29) is 43.1 Å². The number of ether oxygens (including phenoxy) is 2. The third kappa shape index (κ3) is 6.53. The van der Waals surface area contributed by atoms with Gasteiger partial charge in [0.1, 0.15) is 5.75 Å². The average Bonchev–Trinajstić information content (AvgIpc) is 3.31. The number of likely N-dealkylation sites (N-methyl/N-ethyl adjacent to an activating group) is 1. The third-order valence-corrected chi connectivity index (χ3v) is 5.63. The fourth-order valence-electron chi connectivity index (χ4n) is 3.63. The second kappa shape index (κ2) is 11.4. The maximum Gasteiger partial charge on any atom is 0.309 e. The molecule has 0 N–H and O–H groups in total. The van der Waals surface area contributed by atoms with Crippen LogP contribution in [0.2, 0.25) is 0 Å². The van der Waals surface area contributed by atoms with E-state index in [4.69, 9.17) is 14.0 Å². The quantitative estimate of drug-likeness (QED) is 0.524. The minimum Gasteiger partial charge on any atom is -0.497 e. The molecule has 0 atom stereocenters. The molecule has 1 aliphatic rings. The van der Waals surface area contributed by atoms with E-state index in [0.717, 1.165) is 11.3 Å². The monoisotopic (exact) mass is 458 g/mol. The van der Waals surface area contributed by atoms with E-state index in [2.05, 4.69) is 10.1 Å². The molecule has 2 aromatic rings. The number of likely N-dealkylation sites (tertiary alicyclic amines) is 1. The molecule has 2 heterocycles. The van der Waals surface area contributed by atoms with Gasteiger partial charge in [-0.25, -0.2) is 0 Å². The number of hydrogen-bond donors (Lipinski definition) is 0. The molecule has 1 aromatic carbocycles. The fourth-order valence-corrected chi connectivity index (χ4v) is 3.63. The third-order valence-electron chi connectivity index (χ3n) is 5.63. The van der Waals surface area contributed by atoms with E-state index in [9.17, 15) is 14.4 Å². The number of rotatable bonds is 9. The minimum absolute atomic E-state index is 0.0101. The van der Waals surface area contributed by atoms with Crippen LogP contribution in [-0.4, -0.2) is 78.1 Å². The molecule has 0 radical (unpaired) electrons. The molecule has 2 amide bonds. The number of hydrogen-bond acceptors (Lipinski definition) is 8. The highest BCUT2D eigenvalue weighted by atomic mass is 16.5. The number of esters is 1. The summed E-state index contributed by atoms with van der Waals surface area (Å²) < 4.78 is 15.4. The largest absolute Gasteiger partial charge is 0.497 e. The Morgan fingerprint density at radius 2 is 1.88 bits per heavy atom. The van der Waals surface area contributed by atoms with Gasteiger partial charge in [-0.3, -0.25) is 14.4 Å². The van der Waals surface area contributed by atoms with E-state index in [1.807, 2.05) is 12.1 Å². The van der Waals surface area contributed by atoms with E-state index in [0.29, 0.717) is 44.3 Å². The van der Waals surface area contributed by atoms with Crippen LogP contribution in [0.1, 0.15) is 32.1 Å².